The maximum absolute atomic E-state index is 12.8. The van der Waals surface area contributed by atoms with Gasteiger partial charge in [0.05, 0.1) is 5.02 Å². The Kier molecular flexibility index (Phi) is 5.06. The molecular formula is C10H12ClFN2O3S. The first-order valence-electron chi connectivity index (χ1n) is 5.02. The van der Waals surface area contributed by atoms with E-state index in [9.17, 15) is 17.6 Å². The number of nitrogens with one attached hydrogen (secondary N) is 2. The molecule has 1 aromatic rings. The van der Waals surface area contributed by atoms with Crippen LogP contribution in [-0.2, 0) is 14.8 Å². The fourth-order valence-electron chi connectivity index (χ4n) is 1.19. The molecule has 1 aromatic carbocycles. The molecular weight excluding hydrogens is 283 g/mol. The third-order valence-electron chi connectivity index (χ3n) is 2.11. The molecule has 0 aromatic heterocycles. The van der Waals surface area contributed by atoms with Crippen molar-refractivity contribution in [2.24, 2.45) is 0 Å². The third-order valence-corrected chi connectivity index (χ3v) is 4.05. The number of hydrogen-bond acceptors (Lipinski definition) is 3. The van der Waals surface area contributed by atoms with E-state index in [1.807, 2.05) is 0 Å². The number of benzene rings is 1. The first kappa shape index (κ1) is 14.9. The summed E-state index contributed by atoms with van der Waals surface area (Å²) in [5, 5.41) is 2.15. The van der Waals surface area contributed by atoms with Crippen molar-refractivity contribution >= 4 is 27.5 Å². The number of rotatable bonds is 5. The van der Waals surface area contributed by atoms with Crippen molar-refractivity contribution in [3.05, 3.63) is 29.0 Å². The van der Waals surface area contributed by atoms with Gasteiger partial charge in [0, 0.05) is 20.0 Å². The summed E-state index contributed by atoms with van der Waals surface area (Å²) in [7, 11) is -2.39. The largest absolute Gasteiger partial charge is 0.359 e. The van der Waals surface area contributed by atoms with Gasteiger partial charge in [-0.15, -0.1) is 0 Å². The van der Waals surface area contributed by atoms with Gasteiger partial charge in [-0.3, -0.25) is 4.79 Å². The molecule has 0 bridgehead atoms. The van der Waals surface area contributed by atoms with E-state index < -0.39 is 15.8 Å². The van der Waals surface area contributed by atoms with Gasteiger partial charge in [-0.25, -0.2) is 17.5 Å². The van der Waals surface area contributed by atoms with Crippen LogP contribution in [0, 0.1) is 5.82 Å². The second-order valence-corrected chi connectivity index (χ2v) is 5.54. The van der Waals surface area contributed by atoms with Crippen LogP contribution < -0.4 is 10.0 Å². The average molecular weight is 295 g/mol. The molecule has 2 N–H and O–H groups in total. The molecule has 0 spiro atoms. The van der Waals surface area contributed by atoms with Crippen LogP contribution in [0.15, 0.2) is 23.1 Å². The molecule has 0 atom stereocenters. The summed E-state index contributed by atoms with van der Waals surface area (Å²) in [5.41, 5.74) is 0. The lowest BCUT2D eigenvalue weighted by Gasteiger charge is -2.07. The van der Waals surface area contributed by atoms with E-state index in [1.54, 1.807) is 0 Å². The van der Waals surface area contributed by atoms with Gasteiger partial charge >= 0.3 is 0 Å². The van der Waals surface area contributed by atoms with Gasteiger partial charge in [-0.1, -0.05) is 11.6 Å². The smallest absolute Gasteiger partial charge is 0.242 e. The van der Waals surface area contributed by atoms with Crippen LogP contribution in [0.1, 0.15) is 6.42 Å². The van der Waals surface area contributed by atoms with Crippen LogP contribution in [-0.4, -0.2) is 27.9 Å². The van der Waals surface area contributed by atoms with Gasteiger partial charge in [-0.05, 0) is 18.2 Å². The molecule has 0 heterocycles. The molecule has 0 saturated heterocycles. The zero-order valence-corrected chi connectivity index (χ0v) is 11.1. The maximum atomic E-state index is 12.8. The van der Waals surface area contributed by atoms with Crippen LogP contribution in [0.2, 0.25) is 5.02 Å². The SMILES string of the molecule is CNC(=O)CCNS(=O)(=O)c1ccc(F)cc1Cl. The summed E-state index contributed by atoms with van der Waals surface area (Å²) in [5.74, 6) is -0.910. The van der Waals surface area contributed by atoms with E-state index >= 15 is 0 Å². The second-order valence-electron chi connectivity index (χ2n) is 3.40. The fourth-order valence-corrected chi connectivity index (χ4v) is 2.76. The van der Waals surface area contributed by atoms with Crippen molar-refractivity contribution in [3.63, 3.8) is 0 Å². The molecule has 1 rings (SSSR count). The summed E-state index contributed by atoms with van der Waals surface area (Å²) >= 11 is 5.64. The highest BCUT2D eigenvalue weighted by molar-refractivity contribution is 7.89. The predicted molar refractivity (Wildman–Crippen MR) is 65.3 cm³/mol. The Morgan fingerprint density at radius 3 is 2.67 bits per heavy atom. The first-order valence-corrected chi connectivity index (χ1v) is 6.88. The molecule has 0 saturated carbocycles. The van der Waals surface area contributed by atoms with Gasteiger partial charge in [0.25, 0.3) is 0 Å². The van der Waals surface area contributed by atoms with Crippen LogP contribution in [0.25, 0.3) is 0 Å². The Morgan fingerprint density at radius 1 is 1.44 bits per heavy atom. The molecule has 0 fully saturated rings. The molecule has 0 radical (unpaired) electrons. The molecule has 8 heteroatoms. The Hall–Kier alpha value is -1.18. The summed E-state index contributed by atoms with van der Waals surface area (Å²) < 4.78 is 38.6. The molecule has 100 valence electrons. The fraction of sp³-hybridized carbons (Fsp3) is 0.300. The standard InChI is InChI=1S/C10H12ClFN2O3S/c1-13-10(15)4-5-14-18(16,17)9-3-2-7(12)6-8(9)11/h2-3,6,14H,4-5H2,1H3,(H,13,15). The van der Waals surface area contributed by atoms with Gasteiger partial charge in [0.1, 0.15) is 10.7 Å². The highest BCUT2D eigenvalue weighted by Gasteiger charge is 2.18. The Labute approximate surface area is 109 Å². The lowest BCUT2D eigenvalue weighted by atomic mass is 10.3. The highest BCUT2D eigenvalue weighted by atomic mass is 35.5. The van der Waals surface area contributed by atoms with Crippen molar-refractivity contribution in [2.45, 2.75) is 11.3 Å². The van der Waals surface area contributed by atoms with Crippen molar-refractivity contribution in [1.29, 1.82) is 0 Å². The Bertz CT molecular complexity index is 548. The quantitative estimate of drug-likeness (QED) is 0.847. The van der Waals surface area contributed by atoms with E-state index in [0.29, 0.717) is 0 Å². The minimum atomic E-state index is -3.84. The van der Waals surface area contributed by atoms with Crippen LogP contribution in [0.5, 0.6) is 0 Å². The number of carbonyl (C=O) groups is 1. The molecule has 0 unspecified atom stereocenters. The minimum Gasteiger partial charge on any atom is -0.359 e. The molecule has 0 aliphatic rings. The zero-order chi connectivity index (χ0) is 13.8. The lowest BCUT2D eigenvalue weighted by molar-refractivity contribution is -0.120. The number of hydrogen-bond donors (Lipinski definition) is 2. The predicted octanol–water partition coefficient (Wildman–Crippen LogP) is 0.893. The van der Waals surface area contributed by atoms with Crippen molar-refractivity contribution < 1.29 is 17.6 Å². The van der Waals surface area contributed by atoms with Gasteiger partial charge in [0.15, 0.2) is 0 Å². The van der Waals surface area contributed by atoms with Gasteiger partial charge < -0.3 is 5.32 Å². The Balaban J connectivity index is 2.77. The summed E-state index contributed by atoms with van der Waals surface area (Å²) in [4.78, 5) is 10.7. The van der Waals surface area contributed by atoms with Crippen LogP contribution in [0.4, 0.5) is 4.39 Å². The number of carbonyl (C=O) groups excluding carboxylic acids is 1. The highest BCUT2D eigenvalue weighted by Crippen LogP contribution is 2.21. The Morgan fingerprint density at radius 2 is 2.11 bits per heavy atom. The van der Waals surface area contributed by atoms with E-state index in [-0.39, 0.29) is 28.8 Å². The summed E-state index contributed by atoms with van der Waals surface area (Å²) in [6, 6.07) is 2.98. The summed E-state index contributed by atoms with van der Waals surface area (Å²) in [6.07, 6.45) is 0.00848. The van der Waals surface area contributed by atoms with Crippen molar-refractivity contribution in [3.8, 4) is 0 Å². The van der Waals surface area contributed by atoms with Gasteiger partial charge in [-0.2, -0.15) is 0 Å². The van der Waals surface area contributed by atoms with Crippen LogP contribution >= 0.6 is 11.6 Å². The van der Waals surface area contributed by atoms with Crippen LogP contribution in [0.3, 0.4) is 0 Å². The number of halogens is 2. The van der Waals surface area contributed by atoms with E-state index in [1.165, 1.54) is 7.05 Å². The van der Waals surface area contributed by atoms with Gasteiger partial charge in [0.2, 0.25) is 15.9 Å². The van der Waals surface area contributed by atoms with E-state index in [4.69, 9.17) is 11.6 Å². The molecule has 1 amide bonds. The van der Waals surface area contributed by atoms with E-state index in [0.717, 1.165) is 18.2 Å². The maximum Gasteiger partial charge on any atom is 0.242 e. The minimum absolute atomic E-state index is 0.00848. The van der Waals surface area contributed by atoms with Crippen molar-refractivity contribution in [2.75, 3.05) is 13.6 Å². The third kappa shape index (κ3) is 3.94. The monoisotopic (exact) mass is 294 g/mol. The molecule has 0 aliphatic carbocycles. The molecule has 0 aliphatic heterocycles. The normalized spacial score (nSPS) is 11.3. The zero-order valence-electron chi connectivity index (χ0n) is 9.54. The second kappa shape index (κ2) is 6.12. The molecule has 18 heavy (non-hydrogen) atoms. The lowest BCUT2D eigenvalue weighted by Crippen LogP contribution is -2.29. The topological polar surface area (TPSA) is 75.3 Å². The summed E-state index contributed by atoms with van der Waals surface area (Å²) in [6.45, 7) is -0.0598. The number of sulfonamides is 1. The first-order chi connectivity index (χ1) is 8.36. The van der Waals surface area contributed by atoms with E-state index in [2.05, 4.69) is 10.0 Å². The molecule has 5 nitrogen and oxygen atoms in total. The average Bonchev–Trinajstić information content (AvgIpc) is 2.27. The van der Waals surface area contributed by atoms with Crippen molar-refractivity contribution in [1.82, 2.24) is 10.0 Å². The number of amides is 1.